The van der Waals surface area contributed by atoms with Crippen molar-refractivity contribution in [1.82, 2.24) is 4.98 Å². The molecule has 1 rings (SSSR count). The molecule has 29 heavy (non-hydrogen) atoms. The smallest absolute Gasteiger partial charge is 0.296 e. The van der Waals surface area contributed by atoms with Crippen molar-refractivity contribution in [1.29, 1.82) is 0 Å². The van der Waals surface area contributed by atoms with Crippen molar-refractivity contribution in [2.24, 2.45) is 5.41 Å². The van der Waals surface area contributed by atoms with Crippen LogP contribution in [0.4, 0.5) is 5.82 Å². The van der Waals surface area contributed by atoms with Gasteiger partial charge < -0.3 is 14.8 Å². The van der Waals surface area contributed by atoms with Crippen LogP contribution in [0.1, 0.15) is 56.6 Å². The molecule has 2 unspecified atom stereocenters. The Hall–Kier alpha value is -1.64. The zero-order chi connectivity index (χ0) is 22.6. The van der Waals surface area contributed by atoms with E-state index < -0.39 is 42.4 Å². The first-order valence-corrected chi connectivity index (χ1v) is 11.6. The molecule has 0 aliphatic carbocycles. The first kappa shape index (κ1) is 25.4. The molecule has 0 saturated heterocycles. The van der Waals surface area contributed by atoms with Crippen molar-refractivity contribution < 1.29 is 40.2 Å². The molecule has 1 aromatic rings. The van der Waals surface area contributed by atoms with E-state index in [0.717, 1.165) is 12.3 Å². The fourth-order valence-corrected chi connectivity index (χ4v) is 3.89. The number of anilines is 1. The van der Waals surface area contributed by atoms with E-state index >= 15 is 0 Å². The van der Waals surface area contributed by atoms with Crippen LogP contribution in [0.15, 0.2) is 12.3 Å². The topological polar surface area (TPSA) is 169 Å². The Bertz CT molecular complexity index is 938. The van der Waals surface area contributed by atoms with Crippen molar-refractivity contribution in [3.8, 4) is 0 Å². The lowest BCUT2D eigenvalue weighted by molar-refractivity contribution is -0.123. The van der Waals surface area contributed by atoms with Crippen LogP contribution >= 0.6 is 0 Å². The van der Waals surface area contributed by atoms with E-state index in [9.17, 15) is 30.7 Å². The highest BCUT2D eigenvalue weighted by atomic mass is 32.2. The summed E-state index contributed by atoms with van der Waals surface area (Å²) in [4.78, 5) is 16.1. The molecule has 11 nitrogen and oxygen atoms in total. The second-order valence-corrected chi connectivity index (χ2v) is 9.92. The van der Waals surface area contributed by atoms with Gasteiger partial charge in [-0.2, -0.15) is 16.8 Å². The number of nitrogens with zero attached hydrogens (tertiary/aromatic N) is 1. The third-order valence-electron chi connectivity index (χ3n) is 3.58. The van der Waals surface area contributed by atoms with Gasteiger partial charge in [-0.25, -0.2) is 4.98 Å². The molecule has 3 N–H and O–H groups in total. The number of pyridine rings is 1. The number of ether oxygens (including phenoxy) is 2. The van der Waals surface area contributed by atoms with E-state index in [4.69, 9.17) is 9.47 Å². The van der Waals surface area contributed by atoms with Crippen LogP contribution in [-0.2, 0) is 34.5 Å². The highest BCUT2D eigenvalue weighted by molar-refractivity contribution is 7.86. The molecule has 2 atom stereocenters. The molecular formula is C16H26N2O9S2. The molecular weight excluding hydrogens is 428 g/mol. The minimum atomic E-state index is -4.86. The Morgan fingerprint density at radius 1 is 1.03 bits per heavy atom. The lowest BCUT2D eigenvalue weighted by Gasteiger charge is -2.23. The van der Waals surface area contributed by atoms with Crippen LogP contribution < -0.4 is 5.32 Å². The van der Waals surface area contributed by atoms with Crippen LogP contribution in [0.5, 0.6) is 0 Å². The summed E-state index contributed by atoms with van der Waals surface area (Å²) in [6.07, 6.45) is 0.929. The summed E-state index contributed by atoms with van der Waals surface area (Å²) in [7, 11) is -9.70. The maximum Gasteiger partial charge on any atom is 0.296 e. The minimum Gasteiger partial charge on any atom is -0.356 e. The van der Waals surface area contributed by atoms with E-state index in [0.29, 0.717) is 0 Å². The Labute approximate surface area is 170 Å². The van der Waals surface area contributed by atoms with Crippen LogP contribution in [-0.4, -0.2) is 50.0 Å². The van der Waals surface area contributed by atoms with Gasteiger partial charge in [0.25, 0.3) is 20.2 Å². The van der Waals surface area contributed by atoms with Gasteiger partial charge >= 0.3 is 0 Å². The molecule has 0 fully saturated rings. The fourth-order valence-electron chi connectivity index (χ4n) is 2.23. The van der Waals surface area contributed by atoms with Gasteiger partial charge in [-0.15, -0.1) is 0 Å². The van der Waals surface area contributed by atoms with Gasteiger partial charge in [-0.3, -0.25) is 13.9 Å². The quantitative estimate of drug-likeness (QED) is 0.468. The summed E-state index contributed by atoms with van der Waals surface area (Å²) in [6, 6.07) is 1.05. The van der Waals surface area contributed by atoms with E-state index in [2.05, 4.69) is 10.3 Å². The summed E-state index contributed by atoms with van der Waals surface area (Å²) in [5, 5.41) is 2.47. The number of aromatic nitrogens is 1. The average molecular weight is 455 g/mol. The number of carbonyl (C=O) groups excluding carboxylic acids is 1. The normalized spacial score (nSPS) is 15.0. The van der Waals surface area contributed by atoms with Crippen LogP contribution in [0.2, 0.25) is 0 Å². The first-order valence-electron chi connectivity index (χ1n) is 8.60. The van der Waals surface area contributed by atoms with Crippen molar-refractivity contribution in [2.75, 3.05) is 18.5 Å². The van der Waals surface area contributed by atoms with Crippen LogP contribution in [0.3, 0.4) is 0 Å². The van der Waals surface area contributed by atoms with Gasteiger partial charge in [0.05, 0.1) is 0 Å². The predicted molar refractivity (Wildman–Crippen MR) is 104 cm³/mol. The monoisotopic (exact) mass is 454 g/mol. The lowest BCUT2D eigenvalue weighted by atomic mass is 9.96. The summed E-state index contributed by atoms with van der Waals surface area (Å²) in [5.41, 5.74) is -5.50. The minimum absolute atomic E-state index is 0.109. The highest BCUT2D eigenvalue weighted by Crippen LogP contribution is 2.35. The number of hydrogen-bond donors (Lipinski definition) is 3. The fraction of sp³-hybridized carbons (Fsp3) is 0.625. The lowest BCUT2D eigenvalue weighted by Crippen LogP contribution is -2.28. The Balaban J connectivity index is 3.70. The van der Waals surface area contributed by atoms with Crippen LogP contribution in [0, 0.1) is 5.41 Å². The third-order valence-corrected chi connectivity index (χ3v) is 5.44. The second-order valence-electron chi connectivity index (χ2n) is 7.01. The SMILES string of the molecule is CCOC(c1cnc(NC(=O)C(C)(C)C)cc1C(OCC)S(=O)(=O)O)S(=O)(=O)O. The summed E-state index contributed by atoms with van der Waals surface area (Å²) in [6.45, 7) is 7.56. The Morgan fingerprint density at radius 3 is 1.86 bits per heavy atom. The Kier molecular flexibility index (Phi) is 8.27. The molecule has 1 amide bonds. The van der Waals surface area contributed by atoms with Gasteiger partial charge in [-0.1, -0.05) is 20.8 Å². The van der Waals surface area contributed by atoms with E-state index in [1.54, 1.807) is 20.8 Å². The maximum absolute atomic E-state index is 12.2. The highest BCUT2D eigenvalue weighted by Gasteiger charge is 2.36. The largest absolute Gasteiger partial charge is 0.356 e. The zero-order valence-electron chi connectivity index (χ0n) is 16.7. The van der Waals surface area contributed by atoms with Gasteiger partial charge in [-0.05, 0) is 19.9 Å². The van der Waals surface area contributed by atoms with Gasteiger partial charge in [0.15, 0.2) is 0 Å². The van der Waals surface area contributed by atoms with Crippen LogP contribution in [0.25, 0.3) is 0 Å². The molecule has 0 saturated carbocycles. The standard InChI is InChI=1S/C16H26N2O9S2/c1-6-26-13(28(20,21)22)10-8-12(18-15(19)16(3,4)5)17-9-11(10)14(27-7-2)29(23,24)25/h8-9,13-14H,6-7H2,1-5H3,(H,17,18,19)(H,20,21,22)(H,23,24,25). The summed E-state index contributed by atoms with van der Waals surface area (Å²) < 4.78 is 76.5. The van der Waals surface area contributed by atoms with E-state index in [-0.39, 0.29) is 30.2 Å². The van der Waals surface area contributed by atoms with Crippen molar-refractivity contribution in [3.63, 3.8) is 0 Å². The molecule has 0 spiro atoms. The molecule has 13 heteroatoms. The summed E-state index contributed by atoms with van der Waals surface area (Å²) >= 11 is 0. The number of rotatable bonds is 9. The molecule has 0 aromatic carbocycles. The molecule has 0 aliphatic rings. The molecule has 166 valence electrons. The Morgan fingerprint density at radius 2 is 1.48 bits per heavy atom. The average Bonchev–Trinajstić information content (AvgIpc) is 2.55. The number of carbonyl (C=O) groups is 1. The summed E-state index contributed by atoms with van der Waals surface area (Å²) in [5.74, 6) is -0.553. The third kappa shape index (κ3) is 6.97. The van der Waals surface area contributed by atoms with Crippen molar-refractivity contribution >= 4 is 32.0 Å². The van der Waals surface area contributed by atoms with E-state index in [1.807, 2.05) is 0 Å². The van der Waals surface area contributed by atoms with Gasteiger partial charge in [0, 0.05) is 36.0 Å². The molecule has 0 aliphatic heterocycles. The van der Waals surface area contributed by atoms with E-state index in [1.165, 1.54) is 13.8 Å². The zero-order valence-corrected chi connectivity index (χ0v) is 18.4. The first-order chi connectivity index (χ1) is 13.1. The second kappa shape index (κ2) is 9.45. The molecule has 0 bridgehead atoms. The maximum atomic E-state index is 12.2. The molecule has 1 aromatic heterocycles. The van der Waals surface area contributed by atoms with Crippen molar-refractivity contribution in [3.05, 3.63) is 23.4 Å². The van der Waals surface area contributed by atoms with Gasteiger partial charge in [0.1, 0.15) is 5.82 Å². The number of nitrogens with one attached hydrogen (secondary N) is 1. The van der Waals surface area contributed by atoms with Gasteiger partial charge in [0.2, 0.25) is 16.8 Å². The van der Waals surface area contributed by atoms with Crippen molar-refractivity contribution in [2.45, 2.75) is 45.5 Å². The predicted octanol–water partition coefficient (Wildman–Crippen LogP) is 1.91. The molecule has 1 heterocycles. The number of amides is 1. The number of hydrogen-bond acceptors (Lipinski definition) is 8. The molecule has 0 radical (unpaired) electrons.